The van der Waals surface area contributed by atoms with Crippen molar-refractivity contribution in [3.8, 4) is 17.4 Å². The zero-order valence-corrected chi connectivity index (χ0v) is 11.9. The number of carbonyl (C=O) groups excluding carboxylic acids is 1. The van der Waals surface area contributed by atoms with Crippen LogP contribution in [0.3, 0.4) is 0 Å². The highest BCUT2D eigenvalue weighted by Crippen LogP contribution is 2.27. The number of nitrogens with zero attached hydrogens (tertiary/aromatic N) is 4. The Bertz CT molecular complexity index is 843. The number of H-pyrrole nitrogens is 1. The van der Waals surface area contributed by atoms with E-state index in [1.165, 1.54) is 6.33 Å². The van der Waals surface area contributed by atoms with Crippen LogP contribution >= 0.6 is 0 Å². The van der Waals surface area contributed by atoms with Gasteiger partial charge in [0.2, 0.25) is 11.8 Å². The molecule has 4 rings (SSSR count). The summed E-state index contributed by atoms with van der Waals surface area (Å²) in [4.78, 5) is 26.6. The molecule has 9 heteroatoms. The molecule has 0 saturated heterocycles. The van der Waals surface area contributed by atoms with E-state index in [0.717, 1.165) is 5.56 Å². The van der Waals surface area contributed by atoms with Crippen molar-refractivity contribution in [2.45, 2.75) is 26.9 Å². The predicted octanol–water partition coefficient (Wildman–Crippen LogP) is 1.95. The minimum Gasteiger partial charge on any atom is -0.469 e. The van der Waals surface area contributed by atoms with Crippen molar-refractivity contribution in [2.24, 2.45) is 0 Å². The minimum absolute atomic E-state index is 0. The van der Waals surface area contributed by atoms with Crippen LogP contribution in [-0.2, 0) is 17.8 Å². The Labute approximate surface area is 137 Å². The van der Waals surface area contributed by atoms with Crippen LogP contribution in [0, 0.1) is 0 Å². The van der Waals surface area contributed by atoms with Gasteiger partial charge in [-0.05, 0) is 6.42 Å². The third-order valence-electron chi connectivity index (χ3n) is 3.42. The first kappa shape index (κ1) is 15.7. The molecule has 124 valence electrons. The molecule has 3 aromatic rings. The second-order valence-electron chi connectivity index (χ2n) is 4.96. The van der Waals surface area contributed by atoms with Gasteiger partial charge in [0.15, 0.2) is 18.2 Å². The third kappa shape index (κ3) is 2.96. The molecule has 4 heterocycles. The molecule has 1 aliphatic rings. The molecule has 0 bridgehead atoms. The second-order valence-corrected chi connectivity index (χ2v) is 4.96. The molecule has 3 aromatic heterocycles. The third-order valence-corrected chi connectivity index (χ3v) is 3.42. The zero-order chi connectivity index (χ0) is 15.6. The fourth-order valence-corrected chi connectivity index (χ4v) is 2.32. The van der Waals surface area contributed by atoms with E-state index in [1.54, 1.807) is 18.5 Å². The summed E-state index contributed by atoms with van der Waals surface area (Å²) in [6, 6.07) is 1.74. The zero-order valence-electron chi connectivity index (χ0n) is 11.9. The average molecular weight is 328 g/mol. The molecular weight excluding hydrogens is 312 g/mol. The number of aromatic nitrogens is 5. The number of hydrogen-bond acceptors (Lipinski definition) is 7. The predicted molar refractivity (Wildman–Crippen MR) is 84.1 cm³/mol. The van der Waals surface area contributed by atoms with Gasteiger partial charge in [-0.3, -0.25) is 4.79 Å². The maximum atomic E-state index is 11.4. The number of rotatable bonds is 4. The summed E-state index contributed by atoms with van der Waals surface area (Å²) >= 11 is 0. The molecule has 2 N–H and O–H groups in total. The number of aromatic amines is 1. The quantitative estimate of drug-likeness (QED) is 0.751. The summed E-state index contributed by atoms with van der Waals surface area (Å²) < 4.78 is 10.9. The fraction of sp³-hybridized carbons (Fsp3) is 0.267. The Morgan fingerprint density at radius 3 is 3.00 bits per heavy atom. The van der Waals surface area contributed by atoms with E-state index in [4.69, 9.17) is 9.26 Å². The summed E-state index contributed by atoms with van der Waals surface area (Å²) in [6.45, 7) is 0.172. The lowest BCUT2D eigenvalue weighted by Crippen LogP contribution is -2.21. The highest BCUT2D eigenvalue weighted by Gasteiger charge is 2.21. The van der Waals surface area contributed by atoms with Crippen LogP contribution in [0.1, 0.15) is 25.2 Å². The standard InChI is InChI=1S/C14H12N6O3.CH4/c21-11-2-1-9-12(19-11)17-7-18-14(9)22-6-8-5-10(20-23-8)13-15-3-4-16-13;/h3-5,7H,1-2,6H2,(H,15,16)(H,17,18,19,21);1H4. The maximum absolute atomic E-state index is 11.4. The van der Waals surface area contributed by atoms with Crippen LogP contribution in [0.2, 0.25) is 0 Å². The van der Waals surface area contributed by atoms with Crippen LogP contribution in [0.5, 0.6) is 5.88 Å². The number of ether oxygens (including phenoxy) is 1. The Morgan fingerprint density at radius 1 is 1.25 bits per heavy atom. The lowest BCUT2D eigenvalue weighted by molar-refractivity contribution is -0.116. The molecular formula is C15H16N6O3. The van der Waals surface area contributed by atoms with Gasteiger partial charge in [-0.1, -0.05) is 12.6 Å². The number of carbonyl (C=O) groups is 1. The van der Waals surface area contributed by atoms with E-state index in [1.807, 2.05) is 0 Å². The number of hydrogen-bond donors (Lipinski definition) is 2. The average Bonchev–Trinajstić information content (AvgIpc) is 3.23. The Hall–Kier alpha value is -3.23. The number of imidazole rings is 1. The van der Waals surface area contributed by atoms with Crippen molar-refractivity contribution in [2.75, 3.05) is 5.32 Å². The molecule has 0 aromatic carbocycles. The molecule has 1 amide bonds. The lowest BCUT2D eigenvalue weighted by Gasteiger charge is -2.17. The lowest BCUT2D eigenvalue weighted by atomic mass is 10.1. The molecule has 0 atom stereocenters. The Kier molecular flexibility index (Phi) is 4.23. The van der Waals surface area contributed by atoms with Gasteiger partial charge in [0.1, 0.15) is 17.8 Å². The molecule has 0 saturated carbocycles. The fourth-order valence-electron chi connectivity index (χ4n) is 2.32. The Morgan fingerprint density at radius 2 is 2.17 bits per heavy atom. The first-order valence-electron chi connectivity index (χ1n) is 7.01. The van der Waals surface area contributed by atoms with Gasteiger partial charge in [0.25, 0.3) is 0 Å². The number of anilines is 1. The molecule has 24 heavy (non-hydrogen) atoms. The van der Waals surface area contributed by atoms with Crippen LogP contribution in [0.15, 0.2) is 29.3 Å². The minimum atomic E-state index is -0.0551. The summed E-state index contributed by atoms with van der Waals surface area (Å²) in [5.41, 5.74) is 1.39. The van der Waals surface area contributed by atoms with Gasteiger partial charge in [-0.25, -0.2) is 15.0 Å². The van der Waals surface area contributed by atoms with E-state index < -0.39 is 0 Å². The summed E-state index contributed by atoms with van der Waals surface area (Å²) in [7, 11) is 0. The van der Waals surface area contributed by atoms with Crippen molar-refractivity contribution in [1.82, 2.24) is 25.1 Å². The monoisotopic (exact) mass is 328 g/mol. The molecule has 0 spiro atoms. The SMILES string of the molecule is C.O=C1CCc2c(ncnc2OCc2cc(-c3ncc[nH]3)no2)N1. The van der Waals surface area contributed by atoms with Gasteiger partial charge >= 0.3 is 0 Å². The highest BCUT2D eigenvalue weighted by molar-refractivity contribution is 5.93. The van der Waals surface area contributed by atoms with Crippen molar-refractivity contribution < 1.29 is 14.1 Å². The van der Waals surface area contributed by atoms with E-state index >= 15 is 0 Å². The summed E-state index contributed by atoms with van der Waals surface area (Å²) in [5, 5.41) is 6.63. The van der Waals surface area contributed by atoms with Crippen molar-refractivity contribution in [1.29, 1.82) is 0 Å². The normalized spacial score (nSPS) is 12.9. The van der Waals surface area contributed by atoms with E-state index in [-0.39, 0.29) is 19.9 Å². The Balaban J connectivity index is 0.00000169. The van der Waals surface area contributed by atoms with Crippen LogP contribution in [0.4, 0.5) is 5.82 Å². The highest BCUT2D eigenvalue weighted by atomic mass is 16.5. The van der Waals surface area contributed by atoms with Crippen molar-refractivity contribution >= 4 is 11.7 Å². The number of fused-ring (bicyclic) bond motifs is 1. The van der Waals surface area contributed by atoms with E-state index in [2.05, 4.69) is 30.4 Å². The van der Waals surface area contributed by atoms with Gasteiger partial charge in [-0.15, -0.1) is 0 Å². The second kappa shape index (κ2) is 6.49. The smallest absolute Gasteiger partial charge is 0.225 e. The molecule has 0 unspecified atom stereocenters. The number of amides is 1. The first-order valence-corrected chi connectivity index (χ1v) is 7.01. The van der Waals surface area contributed by atoms with Crippen LogP contribution in [0.25, 0.3) is 11.5 Å². The summed E-state index contributed by atoms with van der Waals surface area (Å²) in [6.07, 6.45) is 5.64. The molecule has 0 fully saturated rings. The van der Waals surface area contributed by atoms with Gasteiger partial charge < -0.3 is 19.6 Å². The van der Waals surface area contributed by atoms with E-state index in [0.29, 0.717) is 41.8 Å². The molecule has 1 aliphatic heterocycles. The molecule has 9 nitrogen and oxygen atoms in total. The van der Waals surface area contributed by atoms with Gasteiger partial charge in [0.05, 0.1) is 5.56 Å². The molecule has 0 radical (unpaired) electrons. The topological polar surface area (TPSA) is 119 Å². The number of nitrogens with one attached hydrogen (secondary N) is 2. The van der Waals surface area contributed by atoms with Crippen LogP contribution in [-0.4, -0.2) is 31.0 Å². The summed E-state index contributed by atoms with van der Waals surface area (Å²) in [5.74, 6) is 2.05. The van der Waals surface area contributed by atoms with Crippen LogP contribution < -0.4 is 10.1 Å². The van der Waals surface area contributed by atoms with E-state index in [9.17, 15) is 4.79 Å². The maximum Gasteiger partial charge on any atom is 0.225 e. The first-order chi connectivity index (χ1) is 11.3. The van der Waals surface area contributed by atoms with Gasteiger partial charge in [0, 0.05) is 24.9 Å². The van der Waals surface area contributed by atoms with Crippen molar-refractivity contribution in [3.05, 3.63) is 36.1 Å². The van der Waals surface area contributed by atoms with Crippen molar-refractivity contribution in [3.63, 3.8) is 0 Å². The van der Waals surface area contributed by atoms with Gasteiger partial charge in [-0.2, -0.15) is 0 Å². The molecule has 0 aliphatic carbocycles. The largest absolute Gasteiger partial charge is 0.469 e.